The van der Waals surface area contributed by atoms with Gasteiger partial charge in [0.1, 0.15) is 5.75 Å². The van der Waals surface area contributed by atoms with E-state index in [1.807, 2.05) is 6.07 Å². The molecule has 1 aliphatic heterocycles. The molecule has 1 unspecified atom stereocenters. The van der Waals surface area contributed by atoms with Gasteiger partial charge in [0.05, 0.1) is 11.5 Å². The average molecular weight is 240 g/mol. The van der Waals surface area contributed by atoms with E-state index in [9.17, 15) is 13.5 Å². The monoisotopic (exact) mass is 240 g/mol. The lowest BCUT2D eigenvalue weighted by Crippen LogP contribution is -2.26. The summed E-state index contributed by atoms with van der Waals surface area (Å²) < 4.78 is 22.9. The summed E-state index contributed by atoms with van der Waals surface area (Å²) in [7, 11) is -2.82. The van der Waals surface area contributed by atoms with Crippen molar-refractivity contribution in [3.05, 3.63) is 29.8 Å². The quantitative estimate of drug-likeness (QED) is 0.857. The summed E-state index contributed by atoms with van der Waals surface area (Å²) in [6.07, 6.45) is 2.48. The van der Waals surface area contributed by atoms with Crippen LogP contribution in [0, 0.1) is 5.92 Å². The Morgan fingerprint density at radius 2 is 2.19 bits per heavy atom. The lowest BCUT2D eigenvalue weighted by Gasteiger charge is -2.21. The van der Waals surface area contributed by atoms with Gasteiger partial charge in [0.25, 0.3) is 0 Å². The standard InChI is InChI=1S/C12H16O3S/c13-12-5-1-3-10(8-12)7-11-4-2-6-16(14,15)9-11/h1,3,5,8,11,13H,2,4,6-7,9H2. The summed E-state index contributed by atoms with van der Waals surface area (Å²) in [5.41, 5.74) is 1.02. The zero-order valence-corrected chi connectivity index (χ0v) is 9.91. The van der Waals surface area contributed by atoms with Gasteiger partial charge in [-0.15, -0.1) is 0 Å². The third-order valence-electron chi connectivity index (χ3n) is 2.99. The number of sulfone groups is 1. The minimum Gasteiger partial charge on any atom is -0.508 e. The predicted molar refractivity (Wildman–Crippen MR) is 63.2 cm³/mol. The van der Waals surface area contributed by atoms with Crippen molar-refractivity contribution in [3.63, 3.8) is 0 Å². The molecule has 4 heteroatoms. The van der Waals surface area contributed by atoms with Crippen LogP contribution in [0.1, 0.15) is 18.4 Å². The van der Waals surface area contributed by atoms with Gasteiger partial charge in [0, 0.05) is 0 Å². The number of phenols is 1. The molecule has 0 amide bonds. The van der Waals surface area contributed by atoms with E-state index < -0.39 is 9.84 Å². The van der Waals surface area contributed by atoms with Crippen LogP contribution >= 0.6 is 0 Å². The van der Waals surface area contributed by atoms with E-state index in [1.54, 1.807) is 18.2 Å². The van der Waals surface area contributed by atoms with Crippen molar-refractivity contribution in [1.82, 2.24) is 0 Å². The second kappa shape index (κ2) is 4.45. The summed E-state index contributed by atoms with van der Waals surface area (Å²) >= 11 is 0. The smallest absolute Gasteiger partial charge is 0.150 e. The molecule has 1 N–H and O–H groups in total. The van der Waals surface area contributed by atoms with Crippen molar-refractivity contribution in [3.8, 4) is 5.75 Å². The van der Waals surface area contributed by atoms with Crippen molar-refractivity contribution < 1.29 is 13.5 Å². The highest BCUT2D eigenvalue weighted by Crippen LogP contribution is 2.23. The van der Waals surface area contributed by atoms with Crippen LogP contribution in [0.15, 0.2) is 24.3 Å². The van der Waals surface area contributed by atoms with Crippen LogP contribution in [0.3, 0.4) is 0 Å². The molecule has 2 rings (SSSR count). The largest absolute Gasteiger partial charge is 0.508 e. The minimum absolute atomic E-state index is 0.209. The number of phenolic OH excluding ortho intramolecular Hbond substituents is 1. The summed E-state index contributed by atoms with van der Waals surface area (Å²) in [6.45, 7) is 0. The van der Waals surface area contributed by atoms with Crippen LogP contribution in [0.25, 0.3) is 0 Å². The van der Waals surface area contributed by atoms with E-state index in [0.29, 0.717) is 11.5 Å². The van der Waals surface area contributed by atoms with Crippen LogP contribution in [-0.2, 0) is 16.3 Å². The molecule has 1 heterocycles. The number of rotatable bonds is 2. The molecule has 1 aromatic carbocycles. The van der Waals surface area contributed by atoms with E-state index in [1.165, 1.54) is 0 Å². The summed E-state index contributed by atoms with van der Waals surface area (Å²) in [5, 5.41) is 9.33. The van der Waals surface area contributed by atoms with Crippen molar-refractivity contribution in [1.29, 1.82) is 0 Å². The van der Waals surface area contributed by atoms with Gasteiger partial charge in [-0.25, -0.2) is 8.42 Å². The Bertz CT molecular complexity index is 465. The van der Waals surface area contributed by atoms with E-state index in [-0.39, 0.29) is 11.7 Å². The van der Waals surface area contributed by atoms with Gasteiger partial charge in [0.2, 0.25) is 0 Å². The fraction of sp³-hybridized carbons (Fsp3) is 0.500. The first-order valence-corrected chi connectivity index (χ1v) is 7.36. The van der Waals surface area contributed by atoms with Gasteiger partial charge >= 0.3 is 0 Å². The Balaban J connectivity index is 2.05. The molecule has 0 radical (unpaired) electrons. The van der Waals surface area contributed by atoms with Crippen LogP contribution in [-0.4, -0.2) is 25.0 Å². The lowest BCUT2D eigenvalue weighted by atomic mass is 9.96. The Morgan fingerprint density at radius 3 is 2.88 bits per heavy atom. The molecular weight excluding hydrogens is 224 g/mol. The molecule has 3 nitrogen and oxygen atoms in total. The highest BCUT2D eigenvalue weighted by molar-refractivity contribution is 7.91. The first-order valence-electron chi connectivity index (χ1n) is 5.53. The molecule has 16 heavy (non-hydrogen) atoms. The molecule has 1 saturated heterocycles. The number of benzene rings is 1. The van der Waals surface area contributed by atoms with E-state index in [4.69, 9.17) is 0 Å². The molecule has 1 aliphatic rings. The molecule has 1 atom stereocenters. The number of hydrogen-bond donors (Lipinski definition) is 1. The maximum Gasteiger partial charge on any atom is 0.150 e. The zero-order valence-electron chi connectivity index (χ0n) is 9.09. The van der Waals surface area contributed by atoms with Crippen LogP contribution in [0.5, 0.6) is 5.75 Å². The van der Waals surface area contributed by atoms with Crippen LogP contribution < -0.4 is 0 Å². The number of hydrogen-bond acceptors (Lipinski definition) is 3. The zero-order chi connectivity index (χ0) is 11.6. The predicted octanol–water partition coefficient (Wildman–Crippen LogP) is 1.76. The maximum atomic E-state index is 11.5. The van der Waals surface area contributed by atoms with Crippen molar-refractivity contribution in [2.24, 2.45) is 5.92 Å². The second-order valence-electron chi connectivity index (χ2n) is 4.50. The minimum atomic E-state index is -2.82. The SMILES string of the molecule is O=S1(=O)CCCC(Cc2cccc(O)c2)C1. The Morgan fingerprint density at radius 1 is 1.38 bits per heavy atom. The third kappa shape index (κ3) is 2.98. The molecule has 1 aromatic rings. The van der Waals surface area contributed by atoms with Gasteiger partial charge in [0.15, 0.2) is 9.84 Å². The lowest BCUT2D eigenvalue weighted by molar-refractivity contribution is 0.468. The van der Waals surface area contributed by atoms with Gasteiger partial charge in [-0.2, -0.15) is 0 Å². The third-order valence-corrected chi connectivity index (χ3v) is 4.88. The highest BCUT2D eigenvalue weighted by Gasteiger charge is 2.24. The first kappa shape index (κ1) is 11.5. The van der Waals surface area contributed by atoms with Crippen molar-refractivity contribution in [2.75, 3.05) is 11.5 Å². The normalized spacial score (nSPS) is 24.1. The van der Waals surface area contributed by atoms with Gasteiger partial charge in [-0.3, -0.25) is 0 Å². The number of aromatic hydroxyl groups is 1. The molecule has 0 aromatic heterocycles. The summed E-state index contributed by atoms with van der Waals surface area (Å²) in [5.74, 6) is 1.09. The fourth-order valence-electron chi connectivity index (χ4n) is 2.30. The van der Waals surface area contributed by atoms with Gasteiger partial charge < -0.3 is 5.11 Å². The van der Waals surface area contributed by atoms with Crippen LogP contribution in [0.2, 0.25) is 0 Å². The van der Waals surface area contributed by atoms with Crippen molar-refractivity contribution in [2.45, 2.75) is 19.3 Å². The topological polar surface area (TPSA) is 54.4 Å². The Labute approximate surface area is 96.0 Å². The van der Waals surface area contributed by atoms with Crippen LogP contribution in [0.4, 0.5) is 0 Å². The summed E-state index contributed by atoms with van der Waals surface area (Å²) in [4.78, 5) is 0. The van der Waals surface area contributed by atoms with Crippen molar-refractivity contribution >= 4 is 9.84 Å². The van der Waals surface area contributed by atoms with E-state index in [2.05, 4.69) is 0 Å². The fourth-order valence-corrected chi connectivity index (χ4v) is 4.07. The highest BCUT2D eigenvalue weighted by atomic mass is 32.2. The Hall–Kier alpha value is -1.03. The molecule has 0 bridgehead atoms. The Kier molecular flexibility index (Phi) is 3.19. The molecule has 0 spiro atoms. The molecule has 1 fully saturated rings. The van der Waals surface area contributed by atoms with Gasteiger partial charge in [-0.1, -0.05) is 12.1 Å². The molecule has 0 saturated carbocycles. The van der Waals surface area contributed by atoms with E-state index in [0.717, 1.165) is 24.8 Å². The second-order valence-corrected chi connectivity index (χ2v) is 6.73. The van der Waals surface area contributed by atoms with E-state index >= 15 is 0 Å². The molecular formula is C12H16O3S. The van der Waals surface area contributed by atoms with Gasteiger partial charge in [-0.05, 0) is 42.9 Å². The molecule has 88 valence electrons. The molecule has 0 aliphatic carbocycles. The maximum absolute atomic E-state index is 11.5. The summed E-state index contributed by atoms with van der Waals surface area (Å²) in [6, 6.07) is 7.06. The average Bonchev–Trinajstić information content (AvgIpc) is 2.15. The first-order chi connectivity index (χ1) is 7.55.